The number of likely N-dealkylation sites (tertiary alicyclic amines) is 3. The highest BCUT2D eigenvalue weighted by Crippen LogP contribution is 2.48. The van der Waals surface area contributed by atoms with Gasteiger partial charge < -0.3 is 15.5 Å². The van der Waals surface area contributed by atoms with E-state index in [0.717, 1.165) is 31.4 Å². The van der Waals surface area contributed by atoms with Crippen molar-refractivity contribution in [1.29, 1.82) is 5.26 Å². The minimum atomic E-state index is -0.479. The molecule has 3 heterocycles. The number of rotatable bonds is 6. The molecule has 3 saturated heterocycles. The molecule has 5 rings (SSSR count). The Labute approximate surface area is 187 Å². The Kier molecular flexibility index (Phi) is 4.97. The Balaban J connectivity index is 1.24. The maximum Gasteiger partial charge on any atom is 0.248 e. The number of primary amides is 1. The van der Waals surface area contributed by atoms with E-state index in [1.54, 1.807) is 18.2 Å². The molecule has 168 valence electrons. The third-order valence-corrected chi connectivity index (χ3v) is 7.82. The van der Waals surface area contributed by atoms with Gasteiger partial charge in [0, 0.05) is 36.7 Å². The van der Waals surface area contributed by atoms with Crippen molar-refractivity contribution in [2.24, 2.45) is 17.6 Å². The van der Waals surface area contributed by atoms with Crippen LogP contribution < -0.4 is 5.73 Å². The normalized spacial score (nSPS) is 32.5. The highest BCUT2D eigenvalue weighted by molar-refractivity contribution is 5.93. The number of amides is 3. The van der Waals surface area contributed by atoms with Crippen LogP contribution in [0.3, 0.4) is 0 Å². The number of carbonyl (C=O) groups excluding carboxylic acids is 3. The number of nitrogens with two attached hydrogens (primary N) is 1. The highest BCUT2D eigenvalue weighted by atomic mass is 16.2. The predicted molar refractivity (Wildman–Crippen MR) is 116 cm³/mol. The summed E-state index contributed by atoms with van der Waals surface area (Å²) >= 11 is 0. The molecule has 4 aliphatic rings. The topological polar surface area (TPSA) is 111 Å². The van der Waals surface area contributed by atoms with Gasteiger partial charge in [-0.15, -0.1) is 0 Å². The van der Waals surface area contributed by atoms with Crippen LogP contribution in [0.15, 0.2) is 24.3 Å². The van der Waals surface area contributed by atoms with Crippen LogP contribution in [0.1, 0.15) is 55.1 Å². The lowest BCUT2D eigenvalue weighted by molar-refractivity contribution is -0.142. The molecule has 1 unspecified atom stereocenters. The van der Waals surface area contributed by atoms with Crippen LogP contribution >= 0.6 is 0 Å². The van der Waals surface area contributed by atoms with Crippen LogP contribution in [0.4, 0.5) is 0 Å². The van der Waals surface area contributed by atoms with Crippen molar-refractivity contribution in [3.63, 3.8) is 0 Å². The number of carbonyl (C=O) groups is 3. The lowest BCUT2D eigenvalue weighted by Crippen LogP contribution is -2.53. The Morgan fingerprint density at radius 2 is 2.03 bits per heavy atom. The maximum absolute atomic E-state index is 13.2. The summed E-state index contributed by atoms with van der Waals surface area (Å²) in [6, 6.07) is 9.12. The van der Waals surface area contributed by atoms with E-state index in [9.17, 15) is 19.6 Å². The molecule has 0 aromatic heterocycles. The monoisotopic (exact) mass is 435 g/mol. The van der Waals surface area contributed by atoms with E-state index in [4.69, 9.17) is 5.73 Å². The van der Waals surface area contributed by atoms with Gasteiger partial charge in [-0.25, -0.2) is 0 Å². The van der Waals surface area contributed by atoms with E-state index >= 15 is 0 Å². The summed E-state index contributed by atoms with van der Waals surface area (Å²) in [5.41, 5.74) is 6.75. The minimum Gasteiger partial charge on any atom is -0.366 e. The van der Waals surface area contributed by atoms with Crippen LogP contribution in [-0.2, 0) is 9.59 Å². The smallest absolute Gasteiger partial charge is 0.248 e. The van der Waals surface area contributed by atoms with Crippen molar-refractivity contribution >= 4 is 17.7 Å². The van der Waals surface area contributed by atoms with Gasteiger partial charge in [0.15, 0.2) is 0 Å². The first kappa shape index (κ1) is 21.0. The second kappa shape index (κ2) is 7.59. The van der Waals surface area contributed by atoms with E-state index < -0.39 is 5.91 Å². The highest BCUT2D eigenvalue weighted by Gasteiger charge is 2.55. The predicted octanol–water partition coefficient (Wildman–Crippen LogP) is 1.28. The Morgan fingerprint density at radius 1 is 1.25 bits per heavy atom. The average molecular weight is 436 g/mol. The number of piperidine rings is 1. The molecule has 1 aromatic rings. The quantitative estimate of drug-likeness (QED) is 0.724. The molecule has 8 heteroatoms. The number of nitrogens with zero attached hydrogens (tertiary/aromatic N) is 4. The zero-order chi connectivity index (χ0) is 22.7. The third kappa shape index (κ3) is 3.27. The third-order valence-electron chi connectivity index (χ3n) is 7.82. The maximum atomic E-state index is 13.2. The molecule has 3 amide bonds. The van der Waals surface area contributed by atoms with Crippen LogP contribution in [0, 0.1) is 23.2 Å². The standard InChI is InChI=1S/C24H29N5O3/c1-13(23(31)29-18(10-25)7-17-8-20(17)29)11-27-12-19-9-21(27)24(32)28(19)14(2)15-4-3-5-16(6-15)22(26)30/h3-6,13-14,17-21H,7-9,11-12H2,1-2H3,(H2,26,30)/t13-,14+,17+,18-,19+,20?,21+/m0/s1. The number of hydrogen-bond acceptors (Lipinski definition) is 5. The van der Waals surface area contributed by atoms with Gasteiger partial charge in [-0.2, -0.15) is 5.26 Å². The molecule has 1 aromatic carbocycles. The first-order valence-corrected chi connectivity index (χ1v) is 11.5. The fraction of sp³-hybridized carbons (Fsp3) is 0.583. The first-order chi connectivity index (χ1) is 15.3. The van der Waals surface area contributed by atoms with Gasteiger partial charge in [0.25, 0.3) is 0 Å². The molecule has 1 aliphatic carbocycles. The number of nitriles is 1. The van der Waals surface area contributed by atoms with Gasteiger partial charge in [-0.05, 0) is 49.8 Å². The van der Waals surface area contributed by atoms with Gasteiger partial charge >= 0.3 is 0 Å². The first-order valence-electron chi connectivity index (χ1n) is 11.5. The zero-order valence-corrected chi connectivity index (χ0v) is 18.5. The van der Waals surface area contributed by atoms with Crippen molar-refractivity contribution in [2.75, 3.05) is 13.1 Å². The molecule has 4 fully saturated rings. The van der Waals surface area contributed by atoms with E-state index in [1.165, 1.54) is 0 Å². The lowest BCUT2D eigenvalue weighted by atomic mass is 10.0. The van der Waals surface area contributed by atoms with Crippen molar-refractivity contribution in [2.45, 2.75) is 63.3 Å². The summed E-state index contributed by atoms with van der Waals surface area (Å²) in [6.45, 7) is 5.17. The Bertz CT molecular complexity index is 1020. The van der Waals surface area contributed by atoms with Crippen molar-refractivity contribution in [3.8, 4) is 6.07 Å². The summed E-state index contributed by atoms with van der Waals surface area (Å²) in [6.07, 6.45) is 2.58. The van der Waals surface area contributed by atoms with Gasteiger partial charge in [0.05, 0.1) is 18.2 Å². The van der Waals surface area contributed by atoms with E-state index in [0.29, 0.717) is 18.0 Å². The summed E-state index contributed by atoms with van der Waals surface area (Å²) in [4.78, 5) is 43.7. The van der Waals surface area contributed by atoms with Crippen molar-refractivity contribution < 1.29 is 14.4 Å². The van der Waals surface area contributed by atoms with Crippen molar-refractivity contribution in [3.05, 3.63) is 35.4 Å². The second-order valence-electron chi connectivity index (χ2n) is 9.86. The lowest BCUT2D eigenvalue weighted by Gasteiger charge is -2.38. The number of fused-ring (bicyclic) bond motifs is 3. The van der Waals surface area contributed by atoms with E-state index in [1.807, 2.05) is 29.7 Å². The fourth-order valence-corrected chi connectivity index (χ4v) is 6.08. The number of hydrogen-bond donors (Lipinski definition) is 1. The van der Waals surface area contributed by atoms with E-state index in [-0.39, 0.29) is 47.9 Å². The number of piperazine rings is 1. The SMILES string of the molecule is C[C@H](c1cccc(C(N)=O)c1)N1C(=O)[C@H]2C[C@@H]1CN2C[C@H](C)C(=O)N1C2C[C@H]2C[C@H]1C#N. The number of benzene rings is 1. The van der Waals surface area contributed by atoms with Crippen molar-refractivity contribution in [1.82, 2.24) is 14.7 Å². The largest absolute Gasteiger partial charge is 0.366 e. The molecule has 2 bridgehead atoms. The minimum absolute atomic E-state index is 0.0465. The Hall–Kier alpha value is -2.92. The van der Waals surface area contributed by atoms with E-state index in [2.05, 4.69) is 11.0 Å². The molecule has 32 heavy (non-hydrogen) atoms. The van der Waals surface area contributed by atoms with Crippen LogP contribution in [0.25, 0.3) is 0 Å². The summed E-state index contributed by atoms with van der Waals surface area (Å²) < 4.78 is 0. The zero-order valence-electron chi connectivity index (χ0n) is 18.5. The summed E-state index contributed by atoms with van der Waals surface area (Å²) in [5.74, 6) is -0.0902. The summed E-state index contributed by atoms with van der Waals surface area (Å²) in [7, 11) is 0. The van der Waals surface area contributed by atoms with Crippen LogP contribution in [-0.4, -0.2) is 69.7 Å². The summed E-state index contributed by atoms with van der Waals surface area (Å²) in [5, 5.41) is 9.40. The molecule has 1 saturated carbocycles. The molecule has 2 N–H and O–H groups in total. The molecule has 8 nitrogen and oxygen atoms in total. The second-order valence-corrected chi connectivity index (χ2v) is 9.86. The van der Waals surface area contributed by atoms with Crippen LogP contribution in [0.2, 0.25) is 0 Å². The molecular formula is C24H29N5O3. The van der Waals surface area contributed by atoms with Crippen LogP contribution in [0.5, 0.6) is 0 Å². The molecule has 3 aliphatic heterocycles. The molecule has 0 spiro atoms. The Morgan fingerprint density at radius 3 is 2.72 bits per heavy atom. The average Bonchev–Trinajstić information content (AvgIpc) is 3.11. The van der Waals surface area contributed by atoms with Gasteiger partial charge in [0.1, 0.15) is 6.04 Å². The molecule has 7 atom stereocenters. The van der Waals surface area contributed by atoms with Gasteiger partial charge in [-0.3, -0.25) is 19.3 Å². The molecule has 0 radical (unpaired) electrons. The van der Waals surface area contributed by atoms with Gasteiger partial charge in [0.2, 0.25) is 17.7 Å². The fourth-order valence-electron chi connectivity index (χ4n) is 6.08. The molecular weight excluding hydrogens is 406 g/mol. The van der Waals surface area contributed by atoms with Gasteiger partial charge in [-0.1, -0.05) is 19.1 Å².